The highest BCUT2D eigenvalue weighted by Gasteiger charge is 2.34. The summed E-state index contributed by atoms with van der Waals surface area (Å²) in [6.07, 6.45) is 4.66. The topological polar surface area (TPSA) is 53.6 Å². The van der Waals surface area contributed by atoms with Crippen molar-refractivity contribution < 1.29 is 9.53 Å². The van der Waals surface area contributed by atoms with Crippen molar-refractivity contribution in [2.75, 3.05) is 19.6 Å². The Morgan fingerprint density at radius 1 is 1.33 bits per heavy atom. The first-order valence-electron chi connectivity index (χ1n) is 8.34. The summed E-state index contributed by atoms with van der Waals surface area (Å²) in [5.74, 6) is 0. The number of amides is 1. The Labute approximate surface area is 128 Å². The predicted octanol–water partition coefficient (Wildman–Crippen LogP) is 2.12. The molecule has 0 radical (unpaired) electrons. The number of rotatable bonds is 6. The van der Waals surface area contributed by atoms with Crippen molar-refractivity contribution in [3.63, 3.8) is 0 Å². The van der Waals surface area contributed by atoms with Crippen molar-refractivity contribution in [1.29, 1.82) is 0 Å². The van der Waals surface area contributed by atoms with Crippen molar-refractivity contribution in [3.8, 4) is 0 Å². The number of nitrogens with zero attached hydrogens (tertiary/aromatic N) is 1. The van der Waals surface area contributed by atoms with Gasteiger partial charge in [-0.05, 0) is 46.5 Å². The van der Waals surface area contributed by atoms with Crippen LogP contribution in [-0.4, -0.2) is 54.4 Å². The highest BCUT2D eigenvalue weighted by atomic mass is 16.6. The van der Waals surface area contributed by atoms with Crippen LogP contribution < -0.4 is 10.6 Å². The fraction of sp³-hybridized carbons (Fsp3) is 0.938. The first kappa shape index (κ1) is 16.6. The molecule has 2 unspecified atom stereocenters. The smallest absolute Gasteiger partial charge is 0.407 e. The highest BCUT2D eigenvalue weighted by molar-refractivity contribution is 5.67. The molecule has 5 nitrogen and oxygen atoms in total. The average Bonchev–Trinajstić information content (AvgIpc) is 3.13. The molecular formula is C16H31N3O2. The number of hydrogen-bond acceptors (Lipinski definition) is 4. The number of ether oxygens (including phenoxy) is 1. The van der Waals surface area contributed by atoms with Crippen LogP contribution in [0.4, 0.5) is 4.79 Å². The summed E-state index contributed by atoms with van der Waals surface area (Å²) in [5.41, 5.74) is -0.435. The second-order valence-electron chi connectivity index (χ2n) is 7.37. The number of nitrogens with one attached hydrogen (secondary N) is 2. The Kier molecular flexibility index (Phi) is 5.49. The monoisotopic (exact) mass is 297 g/mol. The largest absolute Gasteiger partial charge is 0.444 e. The highest BCUT2D eigenvalue weighted by Crippen LogP contribution is 2.29. The van der Waals surface area contributed by atoms with Crippen molar-refractivity contribution in [3.05, 3.63) is 0 Å². The molecule has 2 N–H and O–H groups in total. The Hall–Kier alpha value is -0.810. The lowest BCUT2D eigenvalue weighted by Crippen LogP contribution is -2.47. The van der Waals surface area contributed by atoms with E-state index in [-0.39, 0.29) is 6.09 Å². The van der Waals surface area contributed by atoms with E-state index in [2.05, 4.69) is 22.5 Å². The zero-order valence-electron chi connectivity index (χ0n) is 13.9. The molecule has 5 heteroatoms. The van der Waals surface area contributed by atoms with Gasteiger partial charge < -0.3 is 15.4 Å². The molecule has 1 saturated heterocycles. The van der Waals surface area contributed by atoms with E-state index < -0.39 is 5.60 Å². The average molecular weight is 297 g/mol. The quantitative estimate of drug-likeness (QED) is 0.788. The molecule has 0 spiro atoms. The van der Waals surface area contributed by atoms with E-state index in [1.807, 2.05) is 20.8 Å². The van der Waals surface area contributed by atoms with Gasteiger partial charge in [0, 0.05) is 37.8 Å². The third kappa shape index (κ3) is 5.83. The lowest BCUT2D eigenvalue weighted by atomic mass is 10.1. The first-order valence-corrected chi connectivity index (χ1v) is 8.34. The van der Waals surface area contributed by atoms with E-state index in [1.54, 1.807) is 0 Å². The van der Waals surface area contributed by atoms with Gasteiger partial charge in [0.25, 0.3) is 0 Å². The van der Waals surface area contributed by atoms with Gasteiger partial charge in [0.05, 0.1) is 0 Å². The third-order valence-corrected chi connectivity index (χ3v) is 4.14. The van der Waals surface area contributed by atoms with Gasteiger partial charge in [-0.3, -0.25) is 4.90 Å². The molecule has 2 aliphatic rings. The van der Waals surface area contributed by atoms with E-state index in [0.717, 1.165) is 19.0 Å². The van der Waals surface area contributed by atoms with Gasteiger partial charge in [0.2, 0.25) is 0 Å². The lowest BCUT2D eigenvalue weighted by molar-refractivity contribution is 0.0521. The van der Waals surface area contributed by atoms with Crippen LogP contribution in [0.3, 0.4) is 0 Å². The summed E-state index contributed by atoms with van der Waals surface area (Å²) >= 11 is 0. The minimum Gasteiger partial charge on any atom is -0.444 e. The molecule has 0 aromatic heterocycles. The normalized spacial score (nSPS) is 24.9. The summed E-state index contributed by atoms with van der Waals surface area (Å²) < 4.78 is 5.27. The first-order chi connectivity index (χ1) is 9.87. The lowest BCUT2D eigenvalue weighted by Gasteiger charge is -2.24. The standard InChI is InChI=1S/C16H31N3O2/c1-5-12(10-17-15(20)21-16(2,3)4)18-13-8-9-19(11-13)14-6-7-14/h12-14,18H,5-11H2,1-4H3,(H,17,20). The van der Waals surface area contributed by atoms with Crippen LogP contribution in [-0.2, 0) is 4.74 Å². The zero-order valence-corrected chi connectivity index (χ0v) is 13.9. The molecule has 1 aliphatic heterocycles. The van der Waals surface area contributed by atoms with Gasteiger partial charge in [-0.15, -0.1) is 0 Å². The molecule has 0 aromatic carbocycles. The van der Waals surface area contributed by atoms with Gasteiger partial charge in [-0.25, -0.2) is 4.79 Å². The molecule has 1 amide bonds. The molecule has 21 heavy (non-hydrogen) atoms. The number of carbonyl (C=O) groups is 1. The van der Waals surface area contributed by atoms with E-state index >= 15 is 0 Å². The number of alkyl carbamates (subject to hydrolysis) is 1. The van der Waals surface area contributed by atoms with Gasteiger partial charge in [0.1, 0.15) is 5.60 Å². The fourth-order valence-electron chi connectivity index (χ4n) is 2.87. The number of likely N-dealkylation sites (tertiary alicyclic amines) is 1. The Morgan fingerprint density at radius 2 is 2.05 bits per heavy atom. The van der Waals surface area contributed by atoms with Crippen molar-refractivity contribution in [2.24, 2.45) is 0 Å². The molecule has 1 saturated carbocycles. The molecule has 0 bridgehead atoms. The van der Waals surface area contributed by atoms with Crippen molar-refractivity contribution in [1.82, 2.24) is 15.5 Å². The molecule has 122 valence electrons. The number of hydrogen-bond donors (Lipinski definition) is 2. The Morgan fingerprint density at radius 3 is 2.62 bits per heavy atom. The molecule has 2 fully saturated rings. The van der Waals surface area contributed by atoms with Crippen LogP contribution in [0.25, 0.3) is 0 Å². The van der Waals surface area contributed by atoms with E-state index in [9.17, 15) is 4.79 Å². The molecule has 1 heterocycles. The summed E-state index contributed by atoms with van der Waals surface area (Å²) in [7, 11) is 0. The number of carbonyl (C=O) groups excluding carboxylic acids is 1. The molecule has 0 aromatic rings. The molecule has 1 aliphatic carbocycles. The van der Waals surface area contributed by atoms with Crippen LogP contribution in [0, 0.1) is 0 Å². The van der Waals surface area contributed by atoms with E-state index in [4.69, 9.17) is 4.74 Å². The van der Waals surface area contributed by atoms with Gasteiger partial charge in [0.15, 0.2) is 0 Å². The Bertz CT molecular complexity index is 350. The van der Waals surface area contributed by atoms with Gasteiger partial charge >= 0.3 is 6.09 Å². The molecule has 2 rings (SSSR count). The Balaban J connectivity index is 1.67. The maximum absolute atomic E-state index is 11.7. The van der Waals surface area contributed by atoms with Gasteiger partial charge in [-0.1, -0.05) is 6.92 Å². The SMILES string of the molecule is CCC(CNC(=O)OC(C)(C)C)NC1CCN(C2CC2)C1. The molecular weight excluding hydrogens is 266 g/mol. The zero-order chi connectivity index (χ0) is 15.5. The fourth-order valence-corrected chi connectivity index (χ4v) is 2.87. The van der Waals surface area contributed by atoms with Gasteiger partial charge in [-0.2, -0.15) is 0 Å². The molecule has 2 atom stereocenters. The minimum atomic E-state index is -0.435. The van der Waals surface area contributed by atoms with Crippen LogP contribution in [0.1, 0.15) is 53.4 Å². The summed E-state index contributed by atoms with van der Waals surface area (Å²) in [6, 6.07) is 1.74. The summed E-state index contributed by atoms with van der Waals surface area (Å²) in [6.45, 7) is 10.8. The third-order valence-electron chi connectivity index (χ3n) is 4.14. The summed E-state index contributed by atoms with van der Waals surface area (Å²) in [5, 5.41) is 6.56. The maximum Gasteiger partial charge on any atom is 0.407 e. The van der Waals surface area contributed by atoms with E-state index in [0.29, 0.717) is 18.6 Å². The maximum atomic E-state index is 11.7. The van der Waals surface area contributed by atoms with Crippen LogP contribution in [0.2, 0.25) is 0 Å². The summed E-state index contributed by atoms with van der Waals surface area (Å²) in [4.78, 5) is 14.3. The second-order valence-corrected chi connectivity index (χ2v) is 7.37. The second kappa shape index (κ2) is 6.97. The van der Waals surface area contributed by atoms with Crippen LogP contribution in [0.5, 0.6) is 0 Å². The van der Waals surface area contributed by atoms with Crippen LogP contribution >= 0.6 is 0 Å². The van der Waals surface area contributed by atoms with Crippen molar-refractivity contribution in [2.45, 2.75) is 77.1 Å². The van der Waals surface area contributed by atoms with Crippen LogP contribution in [0.15, 0.2) is 0 Å². The van der Waals surface area contributed by atoms with E-state index in [1.165, 1.54) is 25.8 Å². The minimum absolute atomic E-state index is 0.321. The van der Waals surface area contributed by atoms with Crippen molar-refractivity contribution >= 4 is 6.09 Å². The predicted molar refractivity (Wildman–Crippen MR) is 84.5 cm³/mol.